The molecule has 0 spiro atoms. The molecular weight excluding hydrogens is 164 g/mol. The number of nitrogens with zero attached hydrogens (tertiary/aromatic N) is 2. The van der Waals surface area contributed by atoms with Crippen LogP contribution in [0.4, 0.5) is 0 Å². The van der Waals surface area contributed by atoms with Gasteiger partial charge >= 0.3 is 5.69 Å². The van der Waals surface area contributed by atoms with Crippen LogP contribution in [0, 0.1) is 11.8 Å². The Hall–Kier alpha value is -1.43. The highest BCUT2D eigenvalue weighted by atomic mass is 16.1. The topological polar surface area (TPSA) is 26.9 Å². The Morgan fingerprint density at radius 3 is 2.92 bits per heavy atom. The molecular formula is C10H12N2O. The summed E-state index contributed by atoms with van der Waals surface area (Å²) in [5.41, 5.74) is 0.0743. The molecule has 1 fully saturated rings. The summed E-state index contributed by atoms with van der Waals surface area (Å²) in [6.07, 6.45) is 5.95. The van der Waals surface area contributed by atoms with Gasteiger partial charge in [0.25, 0.3) is 0 Å². The van der Waals surface area contributed by atoms with E-state index in [0.717, 1.165) is 12.8 Å². The van der Waals surface area contributed by atoms with Gasteiger partial charge in [-0.25, -0.2) is 4.79 Å². The molecule has 0 radical (unpaired) electrons. The van der Waals surface area contributed by atoms with Crippen LogP contribution in [0.25, 0.3) is 0 Å². The maximum Gasteiger partial charge on any atom is 0.329 e. The quantitative estimate of drug-likeness (QED) is 0.618. The number of aromatic nitrogens is 2. The smallest absolute Gasteiger partial charge is 0.296 e. The Morgan fingerprint density at radius 1 is 1.54 bits per heavy atom. The zero-order valence-corrected chi connectivity index (χ0v) is 7.66. The predicted molar refractivity (Wildman–Crippen MR) is 50.4 cm³/mol. The van der Waals surface area contributed by atoms with Crippen molar-refractivity contribution in [1.82, 2.24) is 9.13 Å². The summed E-state index contributed by atoms with van der Waals surface area (Å²) in [7, 11) is 0. The first-order valence-corrected chi connectivity index (χ1v) is 4.50. The third-order valence-electron chi connectivity index (χ3n) is 2.24. The fraction of sp³-hybridized carbons (Fsp3) is 0.500. The fourth-order valence-electron chi connectivity index (χ4n) is 1.34. The van der Waals surface area contributed by atoms with Gasteiger partial charge in [0.15, 0.2) is 0 Å². The van der Waals surface area contributed by atoms with Gasteiger partial charge in [-0.2, -0.15) is 0 Å². The molecule has 1 aromatic heterocycles. The van der Waals surface area contributed by atoms with Gasteiger partial charge in [0.05, 0.1) is 6.54 Å². The molecule has 13 heavy (non-hydrogen) atoms. The van der Waals surface area contributed by atoms with E-state index in [0.29, 0.717) is 12.6 Å². The van der Waals surface area contributed by atoms with Crippen LogP contribution in [0.1, 0.15) is 25.8 Å². The van der Waals surface area contributed by atoms with Crippen LogP contribution in [-0.2, 0) is 6.54 Å². The zero-order chi connectivity index (χ0) is 9.26. The molecule has 1 aromatic rings. The highest BCUT2D eigenvalue weighted by Gasteiger charge is 2.25. The lowest BCUT2D eigenvalue weighted by Crippen LogP contribution is -2.22. The Kier molecular flexibility index (Phi) is 1.97. The van der Waals surface area contributed by atoms with Crippen LogP contribution in [0.2, 0.25) is 0 Å². The Bertz CT molecular complexity index is 412. The van der Waals surface area contributed by atoms with Crippen molar-refractivity contribution in [2.75, 3.05) is 0 Å². The van der Waals surface area contributed by atoms with Gasteiger partial charge in [-0.05, 0) is 19.8 Å². The number of imidazole rings is 1. The predicted octanol–water partition coefficient (Wildman–Crippen LogP) is 1.01. The van der Waals surface area contributed by atoms with Crippen molar-refractivity contribution in [3.63, 3.8) is 0 Å². The summed E-state index contributed by atoms with van der Waals surface area (Å²) in [6.45, 7) is 2.29. The van der Waals surface area contributed by atoms with E-state index in [1.807, 2.05) is 12.4 Å². The Morgan fingerprint density at radius 2 is 2.31 bits per heavy atom. The third kappa shape index (κ3) is 1.52. The largest absolute Gasteiger partial charge is 0.329 e. The van der Waals surface area contributed by atoms with Gasteiger partial charge in [0.2, 0.25) is 0 Å². The summed E-state index contributed by atoms with van der Waals surface area (Å²) in [6, 6.07) is 0.461. The Labute approximate surface area is 77.0 Å². The molecule has 68 valence electrons. The van der Waals surface area contributed by atoms with Crippen molar-refractivity contribution in [2.45, 2.75) is 32.4 Å². The molecule has 0 bridgehead atoms. The zero-order valence-electron chi connectivity index (χ0n) is 7.66. The van der Waals surface area contributed by atoms with Gasteiger partial charge in [0.1, 0.15) is 0 Å². The second-order valence-corrected chi connectivity index (χ2v) is 3.27. The standard InChI is InChI=1S/C10H12N2O/c1-2-3-6-11-7-8-12(10(11)13)9-4-5-9/h7-9H,4-6H2,1H3. The van der Waals surface area contributed by atoms with Crippen LogP contribution >= 0.6 is 0 Å². The molecule has 1 aliphatic rings. The average Bonchev–Trinajstić information content (AvgIpc) is 2.89. The van der Waals surface area contributed by atoms with Crippen LogP contribution in [-0.4, -0.2) is 9.13 Å². The molecule has 0 atom stereocenters. The first kappa shape index (κ1) is 8.18. The summed E-state index contributed by atoms with van der Waals surface area (Å²) < 4.78 is 3.45. The van der Waals surface area contributed by atoms with E-state index < -0.39 is 0 Å². The molecule has 1 heterocycles. The molecule has 0 amide bonds. The van der Waals surface area contributed by atoms with E-state index >= 15 is 0 Å². The molecule has 1 saturated carbocycles. The van der Waals surface area contributed by atoms with E-state index in [9.17, 15) is 4.79 Å². The maximum absolute atomic E-state index is 11.6. The van der Waals surface area contributed by atoms with Gasteiger partial charge in [-0.15, -0.1) is 5.92 Å². The minimum Gasteiger partial charge on any atom is -0.296 e. The lowest BCUT2D eigenvalue weighted by molar-refractivity contribution is 0.665. The van der Waals surface area contributed by atoms with Crippen LogP contribution in [0.5, 0.6) is 0 Å². The molecule has 0 aliphatic heterocycles. The molecule has 0 aromatic carbocycles. The van der Waals surface area contributed by atoms with Crippen LogP contribution in [0.3, 0.4) is 0 Å². The summed E-state index contributed by atoms with van der Waals surface area (Å²) in [5.74, 6) is 5.66. The van der Waals surface area contributed by atoms with Gasteiger partial charge in [-0.3, -0.25) is 9.13 Å². The van der Waals surface area contributed by atoms with E-state index in [4.69, 9.17) is 0 Å². The lowest BCUT2D eigenvalue weighted by atomic mass is 10.6. The molecule has 3 heteroatoms. The normalized spacial score (nSPS) is 15.2. The summed E-state index contributed by atoms with van der Waals surface area (Å²) in [4.78, 5) is 11.6. The minimum atomic E-state index is 0.0743. The summed E-state index contributed by atoms with van der Waals surface area (Å²) >= 11 is 0. The first-order chi connectivity index (χ1) is 6.33. The van der Waals surface area contributed by atoms with Crippen LogP contribution < -0.4 is 5.69 Å². The second kappa shape index (κ2) is 3.14. The van der Waals surface area contributed by atoms with Crippen LogP contribution in [0.15, 0.2) is 17.2 Å². The van der Waals surface area contributed by atoms with E-state index in [-0.39, 0.29) is 5.69 Å². The number of rotatable bonds is 2. The highest BCUT2D eigenvalue weighted by molar-refractivity contribution is 4.98. The van der Waals surface area contributed by atoms with Gasteiger partial charge in [-0.1, -0.05) is 5.92 Å². The molecule has 0 N–H and O–H groups in total. The van der Waals surface area contributed by atoms with Crippen molar-refractivity contribution in [3.05, 3.63) is 22.9 Å². The van der Waals surface area contributed by atoms with Crippen molar-refractivity contribution < 1.29 is 0 Å². The minimum absolute atomic E-state index is 0.0743. The molecule has 1 aliphatic carbocycles. The lowest BCUT2D eigenvalue weighted by Gasteiger charge is -1.95. The fourth-order valence-corrected chi connectivity index (χ4v) is 1.34. The van der Waals surface area contributed by atoms with E-state index in [1.54, 1.807) is 16.1 Å². The Balaban J connectivity index is 2.25. The van der Waals surface area contributed by atoms with Crippen molar-refractivity contribution >= 4 is 0 Å². The maximum atomic E-state index is 11.6. The molecule has 2 rings (SSSR count). The molecule has 0 saturated heterocycles. The molecule has 0 unspecified atom stereocenters. The van der Waals surface area contributed by atoms with Gasteiger partial charge in [0, 0.05) is 18.4 Å². The third-order valence-corrected chi connectivity index (χ3v) is 2.24. The molecule has 3 nitrogen and oxygen atoms in total. The SMILES string of the molecule is CC#CCn1ccn(C2CC2)c1=O. The average molecular weight is 176 g/mol. The van der Waals surface area contributed by atoms with E-state index in [2.05, 4.69) is 11.8 Å². The first-order valence-electron chi connectivity index (χ1n) is 4.50. The number of hydrogen-bond donors (Lipinski definition) is 0. The highest BCUT2D eigenvalue weighted by Crippen LogP contribution is 2.33. The second-order valence-electron chi connectivity index (χ2n) is 3.27. The van der Waals surface area contributed by atoms with Crippen molar-refractivity contribution in [3.8, 4) is 11.8 Å². The number of hydrogen-bond acceptors (Lipinski definition) is 1. The monoisotopic (exact) mass is 176 g/mol. The van der Waals surface area contributed by atoms with Gasteiger partial charge < -0.3 is 0 Å². The van der Waals surface area contributed by atoms with E-state index in [1.165, 1.54) is 0 Å². The van der Waals surface area contributed by atoms with Crippen molar-refractivity contribution in [2.24, 2.45) is 0 Å². The summed E-state index contributed by atoms with van der Waals surface area (Å²) in [5, 5.41) is 0. The van der Waals surface area contributed by atoms with Crippen molar-refractivity contribution in [1.29, 1.82) is 0 Å².